The van der Waals surface area contributed by atoms with Crippen LogP contribution >= 0.6 is 0 Å². The molecular formula is C25H37N5O3Si2. The van der Waals surface area contributed by atoms with Crippen molar-refractivity contribution in [2.75, 3.05) is 13.2 Å². The monoisotopic (exact) mass is 511 g/mol. The zero-order chi connectivity index (χ0) is 25.2. The predicted molar refractivity (Wildman–Crippen MR) is 147 cm³/mol. The Hall–Kier alpha value is -2.54. The van der Waals surface area contributed by atoms with Gasteiger partial charge in [-0.1, -0.05) is 39.3 Å². The zero-order valence-corrected chi connectivity index (χ0v) is 23.7. The Morgan fingerprint density at radius 2 is 1.46 bits per heavy atom. The van der Waals surface area contributed by atoms with E-state index >= 15 is 0 Å². The van der Waals surface area contributed by atoms with Gasteiger partial charge in [0.1, 0.15) is 19.1 Å². The molecule has 0 saturated heterocycles. The Balaban J connectivity index is 1.47. The molecule has 0 aromatic carbocycles. The third kappa shape index (κ3) is 6.57. The van der Waals surface area contributed by atoms with E-state index in [4.69, 9.17) is 9.47 Å². The quantitative estimate of drug-likeness (QED) is 0.216. The summed E-state index contributed by atoms with van der Waals surface area (Å²) in [5.41, 5.74) is 3.82. The number of imidazole rings is 1. The molecule has 0 radical (unpaired) electrons. The highest BCUT2D eigenvalue weighted by Gasteiger charge is 2.15. The van der Waals surface area contributed by atoms with E-state index < -0.39 is 16.1 Å². The Morgan fingerprint density at radius 3 is 2.11 bits per heavy atom. The van der Waals surface area contributed by atoms with E-state index in [-0.39, 0.29) is 12.4 Å². The lowest BCUT2D eigenvalue weighted by atomic mass is 10.1. The van der Waals surface area contributed by atoms with E-state index in [0.29, 0.717) is 24.5 Å². The van der Waals surface area contributed by atoms with Gasteiger partial charge in [0.05, 0.1) is 5.52 Å². The minimum atomic E-state index is -1.17. The van der Waals surface area contributed by atoms with E-state index in [0.717, 1.165) is 40.9 Å². The van der Waals surface area contributed by atoms with Crippen molar-refractivity contribution in [1.82, 2.24) is 24.1 Å². The largest absolute Gasteiger partial charge is 0.361 e. The molecular weight excluding hydrogens is 474 g/mol. The van der Waals surface area contributed by atoms with Crippen molar-refractivity contribution in [3.8, 4) is 11.1 Å². The smallest absolute Gasteiger partial charge is 0.329 e. The molecule has 35 heavy (non-hydrogen) atoms. The highest BCUT2D eigenvalue weighted by molar-refractivity contribution is 6.76. The average molecular weight is 512 g/mol. The number of H-pyrrole nitrogens is 1. The number of ether oxygens (including phenoxy) is 2. The molecule has 10 heteroatoms. The Bertz CT molecular complexity index is 1360. The van der Waals surface area contributed by atoms with Gasteiger partial charge in [0.25, 0.3) is 0 Å². The topological polar surface area (TPSA) is 87.0 Å². The van der Waals surface area contributed by atoms with E-state index in [2.05, 4.69) is 66.4 Å². The Kier molecular flexibility index (Phi) is 7.46. The molecule has 0 bridgehead atoms. The number of hydrogen-bond acceptors (Lipinski definition) is 5. The SMILES string of the molecule is C[Si](C)(C)CCOCn1ccc2cc(-c3cnc4c(c3)[nH]c(=O)n4COCC[Si](C)(C)C)cnc21. The van der Waals surface area contributed by atoms with Gasteiger partial charge < -0.3 is 19.0 Å². The van der Waals surface area contributed by atoms with Crippen LogP contribution in [0.25, 0.3) is 33.3 Å². The normalized spacial score (nSPS) is 12.7. The third-order valence-corrected chi connectivity index (χ3v) is 9.40. The second-order valence-corrected chi connectivity index (χ2v) is 22.8. The van der Waals surface area contributed by atoms with Crippen LogP contribution in [0.5, 0.6) is 0 Å². The molecule has 0 aliphatic rings. The molecule has 188 valence electrons. The van der Waals surface area contributed by atoms with Crippen LogP contribution in [0.4, 0.5) is 0 Å². The molecule has 4 aromatic heterocycles. The minimum absolute atomic E-state index is 0.205. The van der Waals surface area contributed by atoms with Crippen LogP contribution in [0.15, 0.2) is 41.6 Å². The van der Waals surface area contributed by atoms with Crippen LogP contribution in [-0.2, 0) is 22.9 Å². The summed E-state index contributed by atoms with van der Waals surface area (Å²) < 4.78 is 15.3. The third-order valence-electron chi connectivity index (χ3n) is 5.99. The number of nitrogens with one attached hydrogen (secondary N) is 1. The van der Waals surface area contributed by atoms with Gasteiger partial charge in [0.2, 0.25) is 0 Å². The Morgan fingerprint density at radius 1 is 0.857 bits per heavy atom. The molecule has 0 unspecified atom stereocenters. The van der Waals surface area contributed by atoms with E-state index in [9.17, 15) is 4.79 Å². The predicted octanol–water partition coefficient (Wildman–Crippen LogP) is 5.37. The molecule has 0 saturated carbocycles. The van der Waals surface area contributed by atoms with Crippen molar-refractivity contribution in [2.24, 2.45) is 0 Å². The summed E-state index contributed by atoms with van der Waals surface area (Å²) in [5.74, 6) is 0. The summed E-state index contributed by atoms with van der Waals surface area (Å²) in [6.07, 6.45) is 5.64. The first-order valence-corrected chi connectivity index (χ1v) is 19.6. The summed E-state index contributed by atoms with van der Waals surface area (Å²) in [5, 5.41) is 1.04. The maximum Gasteiger partial charge on any atom is 0.329 e. The highest BCUT2D eigenvalue weighted by Crippen LogP contribution is 2.25. The fraction of sp³-hybridized carbons (Fsp3) is 0.480. The molecule has 4 rings (SSSR count). The molecule has 8 nitrogen and oxygen atoms in total. The van der Waals surface area contributed by atoms with E-state index in [1.807, 2.05) is 23.0 Å². The van der Waals surface area contributed by atoms with Crippen molar-refractivity contribution in [2.45, 2.75) is 64.8 Å². The first-order chi connectivity index (χ1) is 16.5. The maximum absolute atomic E-state index is 12.5. The average Bonchev–Trinajstić information content (AvgIpc) is 3.32. The summed E-state index contributed by atoms with van der Waals surface area (Å²) in [6.45, 7) is 16.1. The summed E-state index contributed by atoms with van der Waals surface area (Å²) in [7, 11) is -2.27. The standard InChI is InChI=1S/C25H37N5O3Si2/c1-34(2,3)11-9-32-17-29-8-7-19-13-20(15-26-23(19)29)21-14-22-24(27-16-21)30(25(31)28-22)18-33-10-12-35(4,5)6/h7-8,13-16H,9-12,17-18H2,1-6H3,(H,28,31). The lowest BCUT2D eigenvalue weighted by molar-refractivity contribution is 0.0874. The zero-order valence-electron chi connectivity index (χ0n) is 21.7. The number of fused-ring (bicyclic) bond motifs is 2. The van der Waals surface area contributed by atoms with Gasteiger partial charge in [-0.25, -0.2) is 14.8 Å². The lowest BCUT2D eigenvalue weighted by Crippen LogP contribution is -2.24. The number of nitrogens with zero attached hydrogens (tertiary/aromatic N) is 4. The fourth-order valence-electron chi connectivity index (χ4n) is 3.74. The molecule has 0 atom stereocenters. The summed E-state index contributed by atoms with van der Waals surface area (Å²) in [4.78, 5) is 24.7. The number of rotatable bonds is 11. The molecule has 4 heterocycles. The van der Waals surface area contributed by atoms with Gasteiger partial charge in [0.15, 0.2) is 5.65 Å². The molecule has 0 spiro atoms. The number of aromatic amines is 1. The summed E-state index contributed by atoms with van der Waals surface area (Å²) in [6, 6.07) is 8.30. The van der Waals surface area contributed by atoms with Crippen LogP contribution < -0.4 is 5.69 Å². The van der Waals surface area contributed by atoms with Crippen LogP contribution in [-0.4, -0.2) is 53.4 Å². The second-order valence-electron chi connectivity index (χ2n) is 11.6. The highest BCUT2D eigenvalue weighted by atomic mass is 28.3. The fourth-order valence-corrected chi connectivity index (χ4v) is 5.25. The van der Waals surface area contributed by atoms with Crippen molar-refractivity contribution in [3.05, 3.63) is 47.3 Å². The van der Waals surface area contributed by atoms with Crippen molar-refractivity contribution < 1.29 is 9.47 Å². The summed E-state index contributed by atoms with van der Waals surface area (Å²) >= 11 is 0. The van der Waals surface area contributed by atoms with E-state index in [1.165, 1.54) is 0 Å². The number of aromatic nitrogens is 5. The van der Waals surface area contributed by atoms with Crippen LogP contribution in [0.2, 0.25) is 51.4 Å². The maximum atomic E-state index is 12.5. The Labute approximate surface area is 208 Å². The first-order valence-electron chi connectivity index (χ1n) is 12.2. The molecule has 1 N–H and O–H groups in total. The first kappa shape index (κ1) is 25.6. The molecule has 0 amide bonds. The van der Waals surface area contributed by atoms with Gasteiger partial charge in [-0.2, -0.15) is 0 Å². The number of hydrogen-bond donors (Lipinski definition) is 1. The second kappa shape index (κ2) is 10.2. The van der Waals surface area contributed by atoms with Crippen molar-refractivity contribution >= 4 is 38.3 Å². The molecule has 0 aliphatic heterocycles. The van der Waals surface area contributed by atoms with Gasteiger partial charge in [-0.3, -0.25) is 4.57 Å². The van der Waals surface area contributed by atoms with Crippen molar-refractivity contribution in [1.29, 1.82) is 0 Å². The molecule has 0 fully saturated rings. The minimum Gasteiger partial charge on any atom is -0.361 e. The van der Waals surface area contributed by atoms with Gasteiger partial charge in [0, 0.05) is 64.5 Å². The van der Waals surface area contributed by atoms with Crippen LogP contribution in [0, 0.1) is 0 Å². The van der Waals surface area contributed by atoms with Crippen LogP contribution in [0.3, 0.4) is 0 Å². The number of pyridine rings is 2. The van der Waals surface area contributed by atoms with Crippen LogP contribution in [0.1, 0.15) is 0 Å². The van der Waals surface area contributed by atoms with Gasteiger partial charge in [-0.15, -0.1) is 0 Å². The van der Waals surface area contributed by atoms with Gasteiger partial charge in [-0.05, 0) is 30.3 Å². The van der Waals surface area contributed by atoms with E-state index in [1.54, 1.807) is 10.8 Å². The molecule has 4 aromatic rings. The molecule has 0 aliphatic carbocycles. The lowest BCUT2D eigenvalue weighted by Gasteiger charge is -2.15. The van der Waals surface area contributed by atoms with Gasteiger partial charge >= 0.3 is 5.69 Å². The van der Waals surface area contributed by atoms with Crippen molar-refractivity contribution in [3.63, 3.8) is 0 Å².